The molecule has 0 spiro atoms. The molecule has 4 nitrogen and oxygen atoms in total. The first kappa shape index (κ1) is 15.1. The molecule has 0 fully saturated rings. The fourth-order valence-corrected chi connectivity index (χ4v) is 2.69. The number of H-pyrrole nitrogens is 1. The van der Waals surface area contributed by atoms with Gasteiger partial charge in [-0.25, -0.2) is 4.98 Å². The smallest absolute Gasteiger partial charge is 0.270 e. The maximum atomic E-state index is 12.0. The Hall–Kier alpha value is -2.84. The van der Waals surface area contributed by atoms with Crippen molar-refractivity contribution >= 4 is 11.8 Å². The van der Waals surface area contributed by atoms with Gasteiger partial charge in [-0.15, -0.1) is 0 Å². The first-order valence-electron chi connectivity index (χ1n) is 6.97. The third-order valence-corrected chi connectivity index (χ3v) is 4.05. The van der Waals surface area contributed by atoms with Crippen LogP contribution >= 0.6 is 11.8 Å². The average molecular weight is 319 g/mol. The summed E-state index contributed by atoms with van der Waals surface area (Å²) in [7, 11) is 0. The SMILES string of the molecule is CSc1nc(-c2ccc(-c3ccccc3)cc2)c(C#N)c(=O)[nH]1. The number of aromatic nitrogens is 2. The maximum absolute atomic E-state index is 12.0. The van der Waals surface area contributed by atoms with Crippen LogP contribution in [0.1, 0.15) is 5.56 Å². The van der Waals surface area contributed by atoms with Gasteiger partial charge in [-0.3, -0.25) is 4.79 Å². The molecule has 3 rings (SSSR count). The highest BCUT2D eigenvalue weighted by molar-refractivity contribution is 7.98. The fourth-order valence-electron chi connectivity index (χ4n) is 2.31. The average Bonchev–Trinajstić information content (AvgIpc) is 2.62. The summed E-state index contributed by atoms with van der Waals surface area (Å²) < 4.78 is 0. The molecule has 0 aliphatic heterocycles. The zero-order valence-electron chi connectivity index (χ0n) is 12.4. The molecule has 0 aliphatic rings. The highest BCUT2D eigenvalue weighted by Gasteiger charge is 2.13. The zero-order valence-corrected chi connectivity index (χ0v) is 13.2. The van der Waals surface area contributed by atoms with E-state index < -0.39 is 5.56 Å². The largest absolute Gasteiger partial charge is 0.300 e. The van der Waals surface area contributed by atoms with Crippen LogP contribution in [0, 0.1) is 11.3 Å². The van der Waals surface area contributed by atoms with Crippen molar-refractivity contribution in [3.05, 3.63) is 70.5 Å². The minimum atomic E-state index is -0.408. The molecule has 23 heavy (non-hydrogen) atoms. The highest BCUT2D eigenvalue weighted by Crippen LogP contribution is 2.25. The number of nitriles is 1. The Morgan fingerprint density at radius 2 is 1.61 bits per heavy atom. The van der Waals surface area contributed by atoms with E-state index in [1.54, 1.807) is 0 Å². The molecule has 0 saturated carbocycles. The normalized spacial score (nSPS) is 10.3. The van der Waals surface area contributed by atoms with E-state index in [-0.39, 0.29) is 5.56 Å². The van der Waals surface area contributed by atoms with Gasteiger partial charge in [0.1, 0.15) is 11.6 Å². The van der Waals surface area contributed by atoms with Crippen LogP contribution in [0.2, 0.25) is 0 Å². The lowest BCUT2D eigenvalue weighted by molar-refractivity contribution is 0.938. The zero-order chi connectivity index (χ0) is 16.2. The summed E-state index contributed by atoms with van der Waals surface area (Å²) in [4.78, 5) is 19.0. The number of rotatable bonds is 3. The molecular weight excluding hydrogens is 306 g/mol. The van der Waals surface area contributed by atoms with Crippen molar-refractivity contribution < 1.29 is 0 Å². The van der Waals surface area contributed by atoms with Gasteiger partial charge in [0.15, 0.2) is 5.16 Å². The number of aromatic amines is 1. The number of nitrogens with one attached hydrogen (secondary N) is 1. The summed E-state index contributed by atoms with van der Waals surface area (Å²) in [6.45, 7) is 0. The highest BCUT2D eigenvalue weighted by atomic mass is 32.2. The van der Waals surface area contributed by atoms with E-state index in [9.17, 15) is 10.1 Å². The molecule has 1 heterocycles. The maximum Gasteiger partial charge on any atom is 0.270 e. The van der Waals surface area contributed by atoms with Crippen molar-refractivity contribution in [3.63, 3.8) is 0 Å². The lowest BCUT2D eigenvalue weighted by atomic mass is 10.0. The Morgan fingerprint density at radius 3 is 2.22 bits per heavy atom. The van der Waals surface area contributed by atoms with Crippen molar-refractivity contribution in [1.29, 1.82) is 5.26 Å². The molecule has 0 bridgehead atoms. The van der Waals surface area contributed by atoms with Crippen molar-refractivity contribution in [3.8, 4) is 28.5 Å². The first-order chi connectivity index (χ1) is 11.2. The van der Waals surface area contributed by atoms with Gasteiger partial charge < -0.3 is 4.98 Å². The van der Waals surface area contributed by atoms with Crippen LogP contribution < -0.4 is 5.56 Å². The van der Waals surface area contributed by atoms with Gasteiger partial charge in [0.2, 0.25) is 0 Å². The minimum Gasteiger partial charge on any atom is -0.300 e. The molecule has 112 valence electrons. The van der Waals surface area contributed by atoms with E-state index in [1.165, 1.54) is 11.8 Å². The van der Waals surface area contributed by atoms with Gasteiger partial charge in [0.25, 0.3) is 5.56 Å². The Bertz CT molecular complexity index is 925. The second-order valence-corrected chi connectivity index (χ2v) is 5.65. The molecule has 0 unspecified atom stereocenters. The van der Waals surface area contributed by atoms with Crippen molar-refractivity contribution in [2.75, 3.05) is 6.26 Å². The summed E-state index contributed by atoms with van der Waals surface area (Å²) in [5.41, 5.74) is 2.98. The van der Waals surface area contributed by atoms with Gasteiger partial charge in [-0.1, -0.05) is 66.4 Å². The molecule has 0 aliphatic carbocycles. The molecule has 0 amide bonds. The van der Waals surface area contributed by atoms with Gasteiger partial charge in [0.05, 0.1) is 5.69 Å². The second kappa shape index (κ2) is 6.51. The molecule has 0 radical (unpaired) electrons. The summed E-state index contributed by atoms with van der Waals surface area (Å²) >= 11 is 1.33. The predicted octanol–water partition coefficient (Wildman–Crippen LogP) is 3.70. The summed E-state index contributed by atoms with van der Waals surface area (Å²) in [5.74, 6) is 0. The topological polar surface area (TPSA) is 69.5 Å². The van der Waals surface area contributed by atoms with E-state index in [4.69, 9.17) is 0 Å². The standard InChI is InChI=1S/C18H13N3OS/c1-23-18-20-16(15(11-19)17(22)21-18)14-9-7-13(8-10-14)12-5-3-2-4-6-12/h2-10H,1H3,(H,20,21,22). The summed E-state index contributed by atoms with van der Waals surface area (Å²) in [6.07, 6.45) is 1.83. The number of benzene rings is 2. The summed E-state index contributed by atoms with van der Waals surface area (Å²) in [5, 5.41) is 9.74. The van der Waals surface area contributed by atoms with E-state index in [0.29, 0.717) is 10.9 Å². The number of nitrogens with zero attached hydrogens (tertiary/aromatic N) is 2. The number of hydrogen-bond donors (Lipinski definition) is 1. The Kier molecular flexibility index (Phi) is 4.26. The van der Waals surface area contributed by atoms with Crippen molar-refractivity contribution in [2.24, 2.45) is 0 Å². The van der Waals surface area contributed by atoms with E-state index in [0.717, 1.165) is 16.7 Å². The Balaban J connectivity index is 2.08. The lowest BCUT2D eigenvalue weighted by Gasteiger charge is -2.07. The first-order valence-corrected chi connectivity index (χ1v) is 8.19. The monoisotopic (exact) mass is 319 g/mol. The molecule has 2 aromatic carbocycles. The van der Waals surface area contributed by atoms with Crippen LogP contribution in [0.3, 0.4) is 0 Å². The molecule has 0 saturated heterocycles. The molecule has 1 N–H and O–H groups in total. The van der Waals surface area contributed by atoms with Gasteiger partial charge in [-0.05, 0) is 17.4 Å². The number of hydrogen-bond acceptors (Lipinski definition) is 4. The molecule has 1 aromatic heterocycles. The third-order valence-electron chi connectivity index (χ3n) is 3.47. The van der Waals surface area contributed by atoms with Crippen LogP contribution in [0.5, 0.6) is 0 Å². The van der Waals surface area contributed by atoms with E-state index >= 15 is 0 Å². The second-order valence-electron chi connectivity index (χ2n) is 4.85. The Labute approximate surface area is 137 Å². The molecule has 3 aromatic rings. The van der Waals surface area contributed by atoms with Crippen LogP contribution in [0.15, 0.2) is 64.5 Å². The van der Waals surface area contributed by atoms with E-state index in [2.05, 4.69) is 9.97 Å². The fraction of sp³-hybridized carbons (Fsp3) is 0.0556. The van der Waals surface area contributed by atoms with Gasteiger partial charge >= 0.3 is 0 Å². The van der Waals surface area contributed by atoms with Crippen LogP contribution in [0.4, 0.5) is 0 Å². The predicted molar refractivity (Wildman–Crippen MR) is 92.2 cm³/mol. The van der Waals surface area contributed by atoms with Crippen LogP contribution in [-0.2, 0) is 0 Å². The van der Waals surface area contributed by atoms with Crippen LogP contribution in [0.25, 0.3) is 22.4 Å². The minimum absolute atomic E-state index is 0.0373. The Morgan fingerprint density at radius 1 is 1.00 bits per heavy atom. The quantitative estimate of drug-likeness (QED) is 0.590. The number of thioether (sulfide) groups is 1. The summed E-state index contributed by atoms with van der Waals surface area (Å²) in [6, 6.07) is 19.7. The molecular formula is C18H13N3OS. The van der Waals surface area contributed by atoms with Crippen LogP contribution in [-0.4, -0.2) is 16.2 Å². The lowest BCUT2D eigenvalue weighted by Crippen LogP contribution is -2.14. The molecule has 5 heteroatoms. The van der Waals surface area contributed by atoms with E-state index in [1.807, 2.05) is 66.9 Å². The third kappa shape index (κ3) is 3.03. The van der Waals surface area contributed by atoms with Crippen molar-refractivity contribution in [2.45, 2.75) is 5.16 Å². The van der Waals surface area contributed by atoms with Gasteiger partial charge in [-0.2, -0.15) is 5.26 Å². The van der Waals surface area contributed by atoms with Gasteiger partial charge in [0, 0.05) is 5.56 Å². The van der Waals surface area contributed by atoms with Crippen molar-refractivity contribution in [1.82, 2.24) is 9.97 Å². The molecule has 0 atom stereocenters.